The molecule has 1 N–H and O–H groups in total. The normalized spacial score (nSPS) is 15.8. The van der Waals surface area contributed by atoms with E-state index in [9.17, 15) is 17.6 Å². The lowest BCUT2D eigenvalue weighted by Gasteiger charge is -2.30. The van der Waals surface area contributed by atoms with Crippen LogP contribution in [-0.2, 0) is 26.3 Å². The van der Waals surface area contributed by atoms with Crippen LogP contribution in [0.1, 0.15) is 24.0 Å². The number of hydrogen-bond acceptors (Lipinski definition) is 4. The highest BCUT2D eigenvalue weighted by Crippen LogP contribution is 2.22. The first-order valence-corrected chi connectivity index (χ1v) is 12.8. The Bertz CT molecular complexity index is 930. The molecule has 1 fully saturated rings. The zero-order valence-electron chi connectivity index (χ0n) is 16.8. The molecule has 0 radical (unpaired) electrons. The molecule has 0 saturated carbocycles. The number of thioether (sulfide) groups is 1. The summed E-state index contributed by atoms with van der Waals surface area (Å²) in [5.74, 6) is 0.687. The number of nitrogens with zero attached hydrogens (tertiary/aromatic N) is 1. The van der Waals surface area contributed by atoms with Crippen LogP contribution in [0.15, 0.2) is 54.6 Å². The number of piperidine rings is 1. The maximum Gasteiger partial charge on any atom is 0.223 e. The molecular formula is C22H27FN2O3S2. The zero-order chi connectivity index (χ0) is 21.4. The number of carbonyl (C=O) groups is 1. The van der Waals surface area contributed by atoms with Crippen LogP contribution in [-0.4, -0.2) is 44.0 Å². The number of amides is 1. The molecule has 0 aliphatic carbocycles. The minimum absolute atomic E-state index is 0.0125. The van der Waals surface area contributed by atoms with E-state index in [0.29, 0.717) is 19.4 Å². The Balaban J connectivity index is 1.38. The minimum Gasteiger partial charge on any atom is -0.355 e. The van der Waals surface area contributed by atoms with Crippen LogP contribution in [0.4, 0.5) is 4.39 Å². The Hall–Kier alpha value is -1.90. The highest BCUT2D eigenvalue weighted by Gasteiger charge is 2.31. The van der Waals surface area contributed by atoms with Crippen molar-refractivity contribution in [3.05, 3.63) is 71.5 Å². The molecule has 1 heterocycles. The summed E-state index contributed by atoms with van der Waals surface area (Å²) >= 11 is 1.77. The van der Waals surface area contributed by atoms with Gasteiger partial charge in [-0.05, 0) is 24.5 Å². The number of halogens is 1. The lowest BCUT2D eigenvalue weighted by Crippen LogP contribution is -2.43. The maximum atomic E-state index is 13.8. The second-order valence-corrected chi connectivity index (χ2v) is 10.4. The topological polar surface area (TPSA) is 66.5 Å². The van der Waals surface area contributed by atoms with Crippen LogP contribution in [0.5, 0.6) is 0 Å². The molecule has 1 saturated heterocycles. The molecule has 0 bridgehead atoms. The van der Waals surface area contributed by atoms with Gasteiger partial charge in [-0.2, -0.15) is 11.8 Å². The number of rotatable bonds is 9. The predicted octanol–water partition coefficient (Wildman–Crippen LogP) is 3.42. The van der Waals surface area contributed by atoms with Gasteiger partial charge in [0.1, 0.15) is 5.82 Å². The Labute approximate surface area is 182 Å². The molecule has 0 aromatic heterocycles. The summed E-state index contributed by atoms with van der Waals surface area (Å²) in [6.07, 6.45) is 0.971. The highest BCUT2D eigenvalue weighted by molar-refractivity contribution is 7.98. The van der Waals surface area contributed by atoms with Gasteiger partial charge in [-0.1, -0.05) is 48.5 Å². The van der Waals surface area contributed by atoms with Crippen molar-refractivity contribution in [3.8, 4) is 0 Å². The second-order valence-electron chi connectivity index (χ2n) is 7.35. The molecule has 0 atom stereocenters. The largest absolute Gasteiger partial charge is 0.355 e. The van der Waals surface area contributed by atoms with Gasteiger partial charge in [0.05, 0.1) is 5.75 Å². The molecule has 1 amide bonds. The van der Waals surface area contributed by atoms with E-state index in [1.165, 1.54) is 28.1 Å². The number of nitrogens with one attached hydrogen (secondary N) is 1. The van der Waals surface area contributed by atoms with E-state index < -0.39 is 15.8 Å². The summed E-state index contributed by atoms with van der Waals surface area (Å²) in [4.78, 5) is 12.4. The lowest BCUT2D eigenvalue weighted by molar-refractivity contribution is -0.125. The van der Waals surface area contributed by atoms with Gasteiger partial charge in [-0.25, -0.2) is 17.1 Å². The molecular weight excluding hydrogens is 423 g/mol. The molecule has 2 aromatic carbocycles. The van der Waals surface area contributed by atoms with E-state index in [1.807, 2.05) is 18.2 Å². The summed E-state index contributed by atoms with van der Waals surface area (Å²) in [7, 11) is -3.60. The van der Waals surface area contributed by atoms with Crippen LogP contribution in [0.25, 0.3) is 0 Å². The fraction of sp³-hybridized carbons (Fsp3) is 0.409. The maximum absolute atomic E-state index is 13.8. The molecule has 2 aromatic rings. The molecule has 8 heteroatoms. The SMILES string of the molecule is O=C(NCCSCc1ccccc1)C1CCN(S(=O)(=O)Cc2ccccc2F)CC1. The van der Waals surface area contributed by atoms with E-state index >= 15 is 0 Å². The molecule has 1 aliphatic rings. The summed E-state index contributed by atoms with van der Waals surface area (Å²) in [6.45, 7) is 1.18. The summed E-state index contributed by atoms with van der Waals surface area (Å²) in [6, 6.07) is 16.1. The molecule has 3 rings (SSSR count). The summed E-state index contributed by atoms with van der Waals surface area (Å²) in [5, 5.41) is 2.96. The van der Waals surface area contributed by atoms with Crippen LogP contribution in [0.2, 0.25) is 0 Å². The van der Waals surface area contributed by atoms with Gasteiger partial charge in [0, 0.05) is 42.6 Å². The van der Waals surface area contributed by atoms with Gasteiger partial charge in [-0.3, -0.25) is 4.79 Å². The first-order chi connectivity index (χ1) is 14.5. The van der Waals surface area contributed by atoms with Crippen molar-refractivity contribution in [1.82, 2.24) is 9.62 Å². The number of sulfonamides is 1. The van der Waals surface area contributed by atoms with Crippen molar-refractivity contribution >= 4 is 27.7 Å². The van der Waals surface area contributed by atoms with Crippen molar-refractivity contribution < 1.29 is 17.6 Å². The van der Waals surface area contributed by atoms with Gasteiger partial charge < -0.3 is 5.32 Å². The quantitative estimate of drug-likeness (QED) is 0.595. The number of hydrogen-bond donors (Lipinski definition) is 1. The third-order valence-electron chi connectivity index (χ3n) is 5.17. The highest BCUT2D eigenvalue weighted by atomic mass is 32.2. The fourth-order valence-electron chi connectivity index (χ4n) is 3.45. The Morgan fingerprint density at radius 1 is 1.07 bits per heavy atom. The molecule has 0 spiro atoms. The van der Waals surface area contributed by atoms with E-state index in [1.54, 1.807) is 17.8 Å². The van der Waals surface area contributed by atoms with Crippen LogP contribution >= 0.6 is 11.8 Å². The van der Waals surface area contributed by atoms with Gasteiger partial charge in [0.15, 0.2) is 0 Å². The van der Waals surface area contributed by atoms with Crippen molar-refractivity contribution in [2.24, 2.45) is 5.92 Å². The first kappa shape index (κ1) is 22.8. The van der Waals surface area contributed by atoms with E-state index in [-0.39, 0.29) is 36.2 Å². The van der Waals surface area contributed by atoms with Crippen molar-refractivity contribution in [2.75, 3.05) is 25.4 Å². The molecule has 5 nitrogen and oxygen atoms in total. The van der Waals surface area contributed by atoms with Gasteiger partial charge in [-0.15, -0.1) is 0 Å². The Kier molecular flexibility index (Phi) is 8.30. The van der Waals surface area contributed by atoms with Gasteiger partial charge >= 0.3 is 0 Å². The molecule has 162 valence electrons. The van der Waals surface area contributed by atoms with Crippen molar-refractivity contribution in [1.29, 1.82) is 0 Å². The minimum atomic E-state index is -3.60. The Morgan fingerprint density at radius 3 is 2.43 bits per heavy atom. The van der Waals surface area contributed by atoms with Crippen molar-refractivity contribution in [3.63, 3.8) is 0 Å². The van der Waals surface area contributed by atoms with Crippen molar-refractivity contribution in [2.45, 2.75) is 24.3 Å². The third-order valence-corrected chi connectivity index (χ3v) is 8.03. The van der Waals surface area contributed by atoms with E-state index in [4.69, 9.17) is 0 Å². The molecule has 30 heavy (non-hydrogen) atoms. The van der Waals surface area contributed by atoms with Gasteiger partial charge in [0.2, 0.25) is 15.9 Å². The summed E-state index contributed by atoms with van der Waals surface area (Å²) in [5.41, 5.74) is 1.43. The van der Waals surface area contributed by atoms with E-state index in [0.717, 1.165) is 11.5 Å². The standard InChI is InChI=1S/C22H27FN2O3S2/c23-21-9-5-4-8-20(21)17-30(27,28)25-13-10-19(11-14-25)22(26)24-12-15-29-16-18-6-2-1-3-7-18/h1-9,19H,10-17H2,(H,24,26). The lowest BCUT2D eigenvalue weighted by atomic mass is 9.97. The van der Waals surface area contributed by atoms with Crippen LogP contribution in [0.3, 0.4) is 0 Å². The van der Waals surface area contributed by atoms with Crippen LogP contribution < -0.4 is 5.32 Å². The monoisotopic (exact) mass is 450 g/mol. The summed E-state index contributed by atoms with van der Waals surface area (Å²) < 4.78 is 40.4. The Morgan fingerprint density at radius 2 is 1.73 bits per heavy atom. The third kappa shape index (κ3) is 6.55. The molecule has 1 aliphatic heterocycles. The average Bonchev–Trinajstić information content (AvgIpc) is 2.76. The average molecular weight is 451 g/mol. The van der Waals surface area contributed by atoms with Crippen LogP contribution in [0, 0.1) is 11.7 Å². The first-order valence-electron chi connectivity index (χ1n) is 10.1. The fourth-order valence-corrected chi connectivity index (χ4v) is 5.85. The van der Waals surface area contributed by atoms with E-state index in [2.05, 4.69) is 17.4 Å². The number of benzene rings is 2. The molecule has 0 unspecified atom stereocenters. The number of carbonyl (C=O) groups excluding carboxylic acids is 1. The van der Waals surface area contributed by atoms with Gasteiger partial charge in [0.25, 0.3) is 0 Å². The zero-order valence-corrected chi connectivity index (χ0v) is 18.4. The smallest absolute Gasteiger partial charge is 0.223 e. The predicted molar refractivity (Wildman–Crippen MR) is 119 cm³/mol. The second kappa shape index (κ2) is 10.9.